The number of unbranched alkanes of at least 4 members (excludes halogenated alkanes) is 1. The molecular weight excluding hydrogens is 433 g/mol. The molecule has 142 valence electrons. The van der Waals surface area contributed by atoms with Crippen molar-refractivity contribution in [1.29, 1.82) is 0 Å². The van der Waals surface area contributed by atoms with Gasteiger partial charge in [-0.3, -0.25) is 14.8 Å². The molecule has 6 heteroatoms. The van der Waals surface area contributed by atoms with Gasteiger partial charge in [-0.25, -0.2) is 0 Å². The topological polar surface area (TPSA) is 75.1 Å². The Morgan fingerprint density at radius 3 is 2.52 bits per heavy atom. The number of aromatic nitrogens is 2. The second kappa shape index (κ2) is 9.96. The predicted octanol–water partition coefficient (Wildman–Crippen LogP) is 4.04. The van der Waals surface area contributed by atoms with Gasteiger partial charge in [0.25, 0.3) is 5.91 Å². The minimum atomic E-state index is -0.289. The van der Waals surface area contributed by atoms with Crippen LogP contribution in [-0.2, 0) is 20.4 Å². The van der Waals surface area contributed by atoms with Gasteiger partial charge in [0.15, 0.2) is 0 Å². The van der Waals surface area contributed by atoms with E-state index in [-0.39, 0.29) is 37.6 Å². The van der Waals surface area contributed by atoms with Crippen molar-refractivity contribution in [3.05, 3.63) is 66.5 Å². The van der Waals surface area contributed by atoms with E-state index in [1.54, 1.807) is 18.5 Å². The van der Waals surface area contributed by atoms with Crippen LogP contribution in [0.15, 0.2) is 60.9 Å². The number of phenolic OH excluding ortho intramolecular Hbond substituents is 1. The Balaban J connectivity index is 0.00000261. The molecular formula is C21H21N3O2Pd. The molecule has 0 saturated carbocycles. The summed E-state index contributed by atoms with van der Waals surface area (Å²) in [7, 11) is 0. The Kier molecular flexibility index (Phi) is 7.66. The third-order valence-corrected chi connectivity index (χ3v) is 4.09. The molecule has 0 bridgehead atoms. The van der Waals surface area contributed by atoms with Crippen LogP contribution >= 0.6 is 0 Å². The van der Waals surface area contributed by atoms with E-state index in [2.05, 4.69) is 22.2 Å². The summed E-state index contributed by atoms with van der Waals surface area (Å²) in [6, 6.07) is 14.4. The van der Waals surface area contributed by atoms with Crippen LogP contribution in [0, 0.1) is 0 Å². The van der Waals surface area contributed by atoms with Crippen LogP contribution < -0.4 is 5.32 Å². The van der Waals surface area contributed by atoms with Crippen molar-refractivity contribution in [2.75, 3.05) is 6.54 Å². The summed E-state index contributed by atoms with van der Waals surface area (Å²) in [6.07, 6.45) is 5.27. The van der Waals surface area contributed by atoms with E-state index in [0.717, 1.165) is 18.4 Å². The summed E-state index contributed by atoms with van der Waals surface area (Å²) in [5.41, 5.74) is 3.02. The Hall–Kier alpha value is -2.55. The molecule has 2 N–H and O–H groups in total. The molecule has 1 amide bonds. The smallest absolute Gasteiger partial charge is 0.255 e. The number of hydrogen-bond donors (Lipinski definition) is 2. The number of hydrogen-bond acceptors (Lipinski definition) is 4. The van der Waals surface area contributed by atoms with Gasteiger partial charge >= 0.3 is 0 Å². The van der Waals surface area contributed by atoms with Gasteiger partial charge in [0.1, 0.15) is 5.75 Å². The molecule has 0 radical (unpaired) electrons. The SMILES string of the molecule is CCCCNC(=O)c1c(O)cccc1-c1cccnc1-c1ccccn1.[Pd]. The number of pyridine rings is 2. The number of phenols is 1. The van der Waals surface area contributed by atoms with Gasteiger partial charge < -0.3 is 10.4 Å². The summed E-state index contributed by atoms with van der Waals surface area (Å²) in [5, 5.41) is 13.2. The number of nitrogens with zero attached hydrogens (tertiary/aromatic N) is 2. The monoisotopic (exact) mass is 453 g/mol. The molecule has 27 heavy (non-hydrogen) atoms. The predicted molar refractivity (Wildman–Crippen MR) is 102 cm³/mol. The van der Waals surface area contributed by atoms with Crippen molar-refractivity contribution >= 4 is 5.91 Å². The van der Waals surface area contributed by atoms with Crippen LogP contribution in [0.1, 0.15) is 30.1 Å². The maximum absolute atomic E-state index is 12.7. The van der Waals surface area contributed by atoms with Crippen molar-refractivity contribution in [2.45, 2.75) is 19.8 Å². The zero-order chi connectivity index (χ0) is 18.4. The molecule has 0 saturated heterocycles. The fourth-order valence-electron chi connectivity index (χ4n) is 2.80. The summed E-state index contributed by atoms with van der Waals surface area (Å²) >= 11 is 0. The minimum Gasteiger partial charge on any atom is -0.507 e. The first kappa shape index (κ1) is 20.8. The third-order valence-electron chi connectivity index (χ3n) is 4.09. The molecule has 0 aliphatic carbocycles. The maximum Gasteiger partial charge on any atom is 0.255 e. The molecule has 0 aliphatic rings. The normalized spacial score (nSPS) is 10.1. The number of rotatable bonds is 6. The average molecular weight is 454 g/mol. The molecule has 2 heterocycles. The first-order valence-electron chi connectivity index (χ1n) is 8.69. The molecule has 0 atom stereocenters. The number of amides is 1. The van der Waals surface area contributed by atoms with Crippen LogP contribution in [0.3, 0.4) is 0 Å². The Bertz CT molecular complexity index is 901. The molecule has 0 spiro atoms. The fourth-order valence-corrected chi connectivity index (χ4v) is 2.80. The van der Waals surface area contributed by atoms with E-state index >= 15 is 0 Å². The number of carbonyl (C=O) groups is 1. The van der Waals surface area contributed by atoms with Gasteiger partial charge in [0, 0.05) is 50.5 Å². The van der Waals surface area contributed by atoms with Crippen molar-refractivity contribution in [1.82, 2.24) is 15.3 Å². The van der Waals surface area contributed by atoms with Crippen LogP contribution in [0.5, 0.6) is 5.75 Å². The van der Waals surface area contributed by atoms with E-state index in [0.29, 0.717) is 23.5 Å². The van der Waals surface area contributed by atoms with Crippen molar-refractivity contribution in [2.24, 2.45) is 0 Å². The first-order valence-corrected chi connectivity index (χ1v) is 8.69. The number of aromatic hydroxyl groups is 1. The zero-order valence-electron chi connectivity index (χ0n) is 15.0. The standard InChI is InChI=1S/C21H21N3O2.Pd/c1-2-3-12-24-21(26)19-15(8-6-11-18(19)25)16-9-7-14-23-20(16)17-10-4-5-13-22-17;/h4-11,13-14,25H,2-3,12H2,1H3,(H,24,26);. The van der Waals surface area contributed by atoms with E-state index in [9.17, 15) is 9.90 Å². The van der Waals surface area contributed by atoms with Crippen molar-refractivity contribution < 1.29 is 30.3 Å². The minimum absolute atomic E-state index is 0. The van der Waals surface area contributed by atoms with Crippen molar-refractivity contribution in [3.8, 4) is 28.3 Å². The van der Waals surface area contributed by atoms with Crippen LogP contribution in [0.2, 0.25) is 0 Å². The summed E-state index contributed by atoms with van der Waals surface area (Å²) in [4.78, 5) is 21.5. The molecule has 1 aromatic carbocycles. The average Bonchev–Trinajstić information content (AvgIpc) is 2.68. The number of carbonyl (C=O) groups excluding carboxylic acids is 1. The van der Waals surface area contributed by atoms with Gasteiger partial charge in [0.2, 0.25) is 0 Å². The van der Waals surface area contributed by atoms with E-state index in [1.165, 1.54) is 6.07 Å². The second-order valence-electron chi connectivity index (χ2n) is 5.92. The Morgan fingerprint density at radius 1 is 1.00 bits per heavy atom. The number of benzene rings is 1. The zero-order valence-corrected chi connectivity index (χ0v) is 16.5. The van der Waals surface area contributed by atoms with Crippen molar-refractivity contribution in [3.63, 3.8) is 0 Å². The molecule has 0 fully saturated rings. The van der Waals surface area contributed by atoms with Crippen LogP contribution in [0.4, 0.5) is 0 Å². The summed E-state index contributed by atoms with van der Waals surface area (Å²) in [6.45, 7) is 2.63. The molecule has 3 aromatic rings. The molecule has 0 aliphatic heterocycles. The van der Waals surface area contributed by atoms with Gasteiger partial charge in [-0.1, -0.05) is 37.6 Å². The van der Waals surface area contributed by atoms with Gasteiger partial charge in [-0.05, 0) is 30.7 Å². The van der Waals surface area contributed by atoms with E-state index in [4.69, 9.17) is 0 Å². The Morgan fingerprint density at radius 2 is 1.78 bits per heavy atom. The second-order valence-corrected chi connectivity index (χ2v) is 5.92. The van der Waals surface area contributed by atoms with E-state index < -0.39 is 0 Å². The molecule has 3 rings (SSSR count). The van der Waals surface area contributed by atoms with Crippen LogP contribution in [-0.4, -0.2) is 27.5 Å². The molecule has 2 aromatic heterocycles. The van der Waals surface area contributed by atoms with Crippen LogP contribution in [0.25, 0.3) is 22.5 Å². The summed E-state index contributed by atoms with van der Waals surface area (Å²) < 4.78 is 0. The first-order chi connectivity index (χ1) is 12.7. The third kappa shape index (κ3) is 4.79. The maximum atomic E-state index is 12.7. The van der Waals surface area contributed by atoms with E-state index in [1.807, 2.05) is 36.4 Å². The fraction of sp³-hybridized carbons (Fsp3) is 0.190. The molecule has 0 unspecified atom stereocenters. The van der Waals surface area contributed by atoms with Gasteiger partial charge in [-0.15, -0.1) is 0 Å². The summed E-state index contributed by atoms with van der Waals surface area (Å²) in [5.74, 6) is -0.338. The van der Waals surface area contributed by atoms with Gasteiger partial charge in [-0.2, -0.15) is 0 Å². The number of nitrogens with one attached hydrogen (secondary N) is 1. The largest absolute Gasteiger partial charge is 0.507 e. The quantitative estimate of drug-likeness (QED) is 0.436. The Labute approximate surface area is 172 Å². The molecule has 5 nitrogen and oxygen atoms in total. The van der Waals surface area contributed by atoms with Gasteiger partial charge in [0.05, 0.1) is 17.0 Å².